The zero-order chi connectivity index (χ0) is 10.9. The zero-order valence-corrected chi connectivity index (χ0v) is 8.93. The molecule has 74 valence electrons. The number of pyridine rings is 1. The van der Waals surface area contributed by atoms with Crippen LogP contribution in [0.1, 0.15) is 37.6 Å². The molecule has 0 bridgehead atoms. The van der Waals surface area contributed by atoms with Gasteiger partial charge in [-0.2, -0.15) is 5.26 Å². The predicted molar refractivity (Wildman–Crippen MR) is 55.2 cm³/mol. The number of nitrogens with zero attached hydrogens (tertiary/aromatic N) is 1. The van der Waals surface area contributed by atoms with Crippen molar-refractivity contribution >= 4 is 0 Å². The maximum Gasteiger partial charge on any atom is 0.266 e. The Balaban J connectivity index is 3.45. The summed E-state index contributed by atoms with van der Waals surface area (Å²) >= 11 is 0. The summed E-state index contributed by atoms with van der Waals surface area (Å²) in [6.45, 7) is 7.83. The largest absolute Gasteiger partial charge is 0.325 e. The van der Waals surface area contributed by atoms with Crippen LogP contribution in [0.25, 0.3) is 0 Å². The van der Waals surface area contributed by atoms with Gasteiger partial charge < -0.3 is 4.98 Å². The molecule has 1 heterocycles. The van der Waals surface area contributed by atoms with E-state index in [1.807, 2.05) is 32.9 Å². The number of hydrogen-bond donors (Lipinski definition) is 1. The lowest BCUT2D eigenvalue weighted by Gasteiger charge is -2.18. The van der Waals surface area contributed by atoms with E-state index >= 15 is 0 Å². The lowest BCUT2D eigenvalue weighted by molar-refractivity contribution is 0.566. The number of hydrogen-bond acceptors (Lipinski definition) is 2. The van der Waals surface area contributed by atoms with Crippen molar-refractivity contribution in [2.45, 2.75) is 33.1 Å². The minimum absolute atomic E-state index is 0.0993. The predicted octanol–water partition coefficient (Wildman–Crippen LogP) is 1.85. The molecule has 0 aliphatic heterocycles. The van der Waals surface area contributed by atoms with E-state index in [0.717, 1.165) is 11.3 Å². The maximum atomic E-state index is 11.5. The molecule has 14 heavy (non-hydrogen) atoms. The Kier molecular flexibility index (Phi) is 2.48. The molecule has 0 fully saturated rings. The average molecular weight is 190 g/mol. The zero-order valence-electron chi connectivity index (χ0n) is 8.93. The van der Waals surface area contributed by atoms with Crippen molar-refractivity contribution in [3.8, 4) is 6.07 Å². The summed E-state index contributed by atoms with van der Waals surface area (Å²) < 4.78 is 0. The van der Waals surface area contributed by atoms with Gasteiger partial charge in [0.25, 0.3) is 5.56 Å². The number of aromatic nitrogens is 1. The number of H-pyrrole nitrogens is 1. The van der Waals surface area contributed by atoms with E-state index in [1.54, 1.807) is 6.92 Å². The van der Waals surface area contributed by atoms with Crippen molar-refractivity contribution < 1.29 is 0 Å². The topological polar surface area (TPSA) is 56.6 Å². The van der Waals surface area contributed by atoms with Crippen molar-refractivity contribution in [3.63, 3.8) is 0 Å². The van der Waals surface area contributed by atoms with Gasteiger partial charge in [0.1, 0.15) is 11.6 Å². The molecule has 0 radical (unpaired) electrons. The first-order valence-electron chi connectivity index (χ1n) is 4.51. The third kappa shape index (κ3) is 1.85. The quantitative estimate of drug-likeness (QED) is 0.678. The molecule has 0 amide bonds. The Bertz CT molecular complexity index is 444. The van der Waals surface area contributed by atoms with Crippen molar-refractivity contribution in [2.75, 3.05) is 0 Å². The van der Waals surface area contributed by atoms with Crippen LogP contribution in [-0.2, 0) is 5.41 Å². The van der Waals surface area contributed by atoms with E-state index in [9.17, 15) is 4.79 Å². The summed E-state index contributed by atoms with van der Waals surface area (Å²) in [7, 11) is 0. The normalized spacial score (nSPS) is 11.1. The summed E-state index contributed by atoms with van der Waals surface area (Å²) in [5.41, 5.74) is 1.41. The highest BCUT2D eigenvalue weighted by atomic mass is 16.1. The molecule has 1 aromatic heterocycles. The van der Waals surface area contributed by atoms with Gasteiger partial charge in [-0.05, 0) is 18.6 Å². The summed E-state index contributed by atoms with van der Waals surface area (Å²) in [6.07, 6.45) is 0. The molecule has 0 spiro atoms. The Hall–Kier alpha value is -1.56. The average Bonchev–Trinajstić information content (AvgIpc) is 2.01. The van der Waals surface area contributed by atoms with Crippen LogP contribution in [0, 0.1) is 18.3 Å². The van der Waals surface area contributed by atoms with Crippen LogP contribution >= 0.6 is 0 Å². The highest BCUT2D eigenvalue weighted by Crippen LogP contribution is 2.19. The first-order chi connectivity index (χ1) is 6.36. The van der Waals surface area contributed by atoms with Crippen LogP contribution in [0.2, 0.25) is 0 Å². The van der Waals surface area contributed by atoms with Gasteiger partial charge >= 0.3 is 0 Å². The fourth-order valence-corrected chi connectivity index (χ4v) is 1.23. The Morgan fingerprint density at radius 1 is 1.43 bits per heavy atom. The van der Waals surface area contributed by atoms with Crippen molar-refractivity contribution in [1.82, 2.24) is 4.98 Å². The van der Waals surface area contributed by atoms with Gasteiger partial charge in [-0.25, -0.2) is 0 Å². The Morgan fingerprint density at radius 3 is 2.36 bits per heavy atom. The van der Waals surface area contributed by atoms with Gasteiger partial charge in [-0.15, -0.1) is 0 Å². The molecule has 3 nitrogen and oxygen atoms in total. The SMILES string of the molecule is Cc1cc(C(C)(C)C)[nH]c(=O)c1C#N. The van der Waals surface area contributed by atoms with Crippen molar-refractivity contribution in [1.29, 1.82) is 5.26 Å². The third-order valence-electron chi connectivity index (χ3n) is 2.15. The summed E-state index contributed by atoms with van der Waals surface area (Å²) in [6, 6.07) is 3.76. The molecule has 0 aliphatic rings. The molecule has 0 unspecified atom stereocenters. The Morgan fingerprint density at radius 2 is 2.00 bits per heavy atom. The van der Waals surface area contributed by atoms with Crippen LogP contribution in [0.3, 0.4) is 0 Å². The van der Waals surface area contributed by atoms with Gasteiger partial charge in [-0.1, -0.05) is 20.8 Å². The van der Waals surface area contributed by atoms with Gasteiger partial charge in [0.05, 0.1) is 0 Å². The van der Waals surface area contributed by atoms with Crippen molar-refractivity contribution in [3.05, 3.63) is 33.2 Å². The molecule has 0 saturated heterocycles. The second-order valence-electron chi connectivity index (χ2n) is 4.43. The molecule has 1 rings (SSSR count). The van der Waals surface area contributed by atoms with Crippen molar-refractivity contribution in [2.24, 2.45) is 0 Å². The molecule has 1 N–H and O–H groups in total. The lowest BCUT2D eigenvalue weighted by Crippen LogP contribution is -2.22. The molecule has 0 aliphatic carbocycles. The fraction of sp³-hybridized carbons (Fsp3) is 0.455. The van der Waals surface area contributed by atoms with E-state index in [4.69, 9.17) is 5.26 Å². The summed E-state index contributed by atoms with van der Waals surface area (Å²) in [5, 5.41) is 8.72. The number of aryl methyl sites for hydroxylation is 1. The number of nitrogens with one attached hydrogen (secondary N) is 1. The molecule has 1 aromatic rings. The first kappa shape index (κ1) is 10.5. The molecule has 0 saturated carbocycles. The second-order valence-corrected chi connectivity index (χ2v) is 4.43. The Labute approximate surface area is 83.4 Å². The van der Waals surface area contributed by atoms with Gasteiger partial charge in [0, 0.05) is 11.1 Å². The standard InChI is InChI=1S/C11H14N2O/c1-7-5-9(11(2,3)4)13-10(14)8(7)6-12/h5H,1-4H3,(H,13,14). The summed E-state index contributed by atoms with van der Waals surface area (Å²) in [4.78, 5) is 14.2. The fourth-order valence-electron chi connectivity index (χ4n) is 1.23. The number of aromatic amines is 1. The van der Waals surface area contributed by atoms with Gasteiger partial charge in [0.2, 0.25) is 0 Å². The summed E-state index contributed by atoms with van der Waals surface area (Å²) in [5.74, 6) is 0. The number of rotatable bonds is 0. The minimum Gasteiger partial charge on any atom is -0.325 e. The first-order valence-corrected chi connectivity index (χ1v) is 4.51. The molecule has 0 aromatic carbocycles. The molecular weight excluding hydrogens is 176 g/mol. The van der Waals surface area contributed by atoms with Gasteiger partial charge in [0.15, 0.2) is 0 Å². The van der Waals surface area contributed by atoms with E-state index < -0.39 is 0 Å². The van der Waals surface area contributed by atoms with Crippen LogP contribution in [0.5, 0.6) is 0 Å². The van der Waals surface area contributed by atoms with Crippen LogP contribution in [0.4, 0.5) is 0 Å². The smallest absolute Gasteiger partial charge is 0.266 e. The maximum absolute atomic E-state index is 11.5. The van der Waals surface area contributed by atoms with E-state index in [1.165, 1.54) is 0 Å². The molecule has 0 atom stereocenters. The van der Waals surface area contributed by atoms with E-state index in [-0.39, 0.29) is 16.5 Å². The highest BCUT2D eigenvalue weighted by molar-refractivity contribution is 5.36. The van der Waals surface area contributed by atoms with Crippen LogP contribution < -0.4 is 5.56 Å². The van der Waals surface area contributed by atoms with Gasteiger partial charge in [-0.3, -0.25) is 4.79 Å². The third-order valence-corrected chi connectivity index (χ3v) is 2.15. The van der Waals surface area contributed by atoms with E-state index in [2.05, 4.69) is 4.98 Å². The monoisotopic (exact) mass is 190 g/mol. The number of nitriles is 1. The minimum atomic E-state index is -0.294. The van der Waals surface area contributed by atoms with Crippen LogP contribution in [0.15, 0.2) is 10.9 Å². The lowest BCUT2D eigenvalue weighted by atomic mass is 9.90. The highest BCUT2D eigenvalue weighted by Gasteiger charge is 2.16. The van der Waals surface area contributed by atoms with E-state index in [0.29, 0.717) is 0 Å². The molecular formula is C11H14N2O. The molecule has 3 heteroatoms. The second kappa shape index (κ2) is 3.30. The van der Waals surface area contributed by atoms with Crippen LogP contribution in [-0.4, -0.2) is 4.98 Å².